The zero-order valence-corrected chi connectivity index (χ0v) is 27.0. The fraction of sp³-hybridized carbons (Fsp3) is 0.920. The fourth-order valence-electron chi connectivity index (χ4n) is 0.749. The molecule has 0 amide bonds. The van der Waals surface area contributed by atoms with Crippen LogP contribution in [0.15, 0.2) is 12.7 Å². The van der Waals surface area contributed by atoms with Gasteiger partial charge in [-0.15, -0.1) is 6.58 Å². The normalized spacial score (nSPS) is 10.3. The van der Waals surface area contributed by atoms with E-state index in [4.69, 9.17) is 14.9 Å². The Kier molecular flexibility index (Phi) is 88.7. The van der Waals surface area contributed by atoms with Crippen LogP contribution in [0, 0.1) is 0 Å². The molecule has 0 aliphatic carbocycles. The molecule has 0 saturated carbocycles. The molecule has 0 fully saturated rings. The van der Waals surface area contributed by atoms with Crippen LogP contribution in [-0.4, -0.2) is 59.0 Å². The molecule has 0 heterocycles. The highest BCUT2D eigenvalue weighted by atomic mass is 28.3. The van der Waals surface area contributed by atoms with E-state index >= 15 is 0 Å². The van der Waals surface area contributed by atoms with E-state index < -0.39 is 8.07 Å². The van der Waals surface area contributed by atoms with Crippen LogP contribution in [0.3, 0.4) is 0 Å². The molecule has 0 aliphatic heterocycles. The van der Waals surface area contributed by atoms with E-state index in [1.165, 1.54) is 12.8 Å². The molecule has 0 radical (unpaired) electrons. The Balaban J connectivity index is -0.0000000342. The SMILES string of the molecule is C=CCC(C)OC.CCC.CCC.CCCC(C)O.CO.C[SiH](C)C.C[Si](C)(C)C.O. The van der Waals surface area contributed by atoms with Gasteiger partial charge in [0.25, 0.3) is 0 Å². The molecule has 31 heavy (non-hydrogen) atoms. The molecule has 0 rings (SSSR count). The van der Waals surface area contributed by atoms with E-state index in [9.17, 15) is 0 Å². The van der Waals surface area contributed by atoms with Gasteiger partial charge in [0.15, 0.2) is 0 Å². The molecule has 2 atom stereocenters. The monoisotopic (exact) mass is 488 g/mol. The van der Waals surface area contributed by atoms with Gasteiger partial charge in [0.2, 0.25) is 0 Å². The van der Waals surface area contributed by atoms with E-state index in [1.54, 1.807) is 7.11 Å². The van der Waals surface area contributed by atoms with E-state index in [-0.39, 0.29) is 20.4 Å². The van der Waals surface area contributed by atoms with Crippen molar-refractivity contribution >= 4 is 16.9 Å². The predicted octanol–water partition coefficient (Wildman–Crippen LogP) is 7.44. The molecule has 0 saturated heterocycles. The standard InChI is InChI=1S/C6H12O.C5H12O.C4H12Si.C3H10Si.2C3H8.CH4O.H2O/c1-4-5-6(2)7-3;1-3-4-5(2)6;1-5(2,3)4;1-4(2)3;2*1-3-2;1-2;/h4,6H,1,5H2,2-3H3;5-6H,3-4H2,1-2H3;1-4H3;4H,1-3H3;2*3H2,1-2H3;2H,1H3;1H2. The van der Waals surface area contributed by atoms with E-state index in [0.29, 0.717) is 6.10 Å². The van der Waals surface area contributed by atoms with Gasteiger partial charge in [0.1, 0.15) is 0 Å². The molecule has 6 heteroatoms. The summed E-state index contributed by atoms with van der Waals surface area (Å²) < 4.78 is 4.92. The molecule has 0 aromatic heterocycles. The molecule has 0 aliphatic rings. The van der Waals surface area contributed by atoms with Crippen molar-refractivity contribution in [2.45, 2.75) is 139 Å². The van der Waals surface area contributed by atoms with Crippen LogP contribution in [-0.2, 0) is 4.74 Å². The Morgan fingerprint density at radius 3 is 1.16 bits per heavy atom. The lowest BCUT2D eigenvalue weighted by molar-refractivity contribution is 0.121. The van der Waals surface area contributed by atoms with Crippen LogP contribution in [0.2, 0.25) is 45.8 Å². The summed E-state index contributed by atoms with van der Waals surface area (Å²) in [5.41, 5.74) is 0. The summed E-state index contributed by atoms with van der Waals surface area (Å²) >= 11 is 0. The van der Waals surface area contributed by atoms with Gasteiger partial charge in [-0.3, -0.25) is 0 Å². The second-order valence-corrected chi connectivity index (χ2v) is 18.8. The van der Waals surface area contributed by atoms with Crippen LogP contribution < -0.4 is 0 Å². The second kappa shape index (κ2) is 52.1. The van der Waals surface area contributed by atoms with E-state index in [1.807, 2.05) is 19.9 Å². The largest absolute Gasteiger partial charge is 0.412 e. The van der Waals surface area contributed by atoms with Crippen molar-refractivity contribution in [3.05, 3.63) is 12.7 Å². The van der Waals surface area contributed by atoms with Gasteiger partial charge in [-0.1, -0.05) is 106 Å². The third-order valence-electron chi connectivity index (χ3n) is 1.61. The van der Waals surface area contributed by atoms with E-state index in [2.05, 4.69) is 87.0 Å². The lowest BCUT2D eigenvalue weighted by Gasteiger charge is -2.02. The number of ether oxygens (including phenoxy) is 1. The summed E-state index contributed by atoms with van der Waals surface area (Å²) in [6.07, 6.45) is 7.54. The summed E-state index contributed by atoms with van der Waals surface area (Å²) in [6.45, 7) is 34.2. The number of rotatable bonds is 5. The minimum atomic E-state index is -0.611. The van der Waals surface area contributed by atoms with Crippen molar-refractivity contribution in [2.24, 2.45) is 0 Å². The van der Waals surface area contributed by atoms with Crippen LogP contribution in [0.4, 0.5) is 0 Å². The number of methoxy groups -OCH3 is 1. The second-order valence-electron chi connectivity index (χ2n) is 9.35. The molecule has 0 aromatic rings. The lowest BCUT2D eigenvalue weighted by atomic mass is 10.2. The van der Waals surface area contributed by atoms with Crippen molar-refractivity contribution in [2.75, 3.05) is 14.2 Å². The fourth-order valence-corrected chi connectivity index (χ4v) is 0.749. The van der Waals surface area contributed by atoms with Crippen LogP contribution in [0.5, 0.6) is 0 Å². The minimum Gasteiger partial charge on any atom is -0.412 e. The van der Waals surface area contributed by atoms with Gasteiger partial charge in [0.05, 0.1) is 12.2 Å². The van der Waals surface area contributed by atoms with Crippen LogP contribution >= 0.6 is 0 Å². The average molecular weight is 489 g/mol. The summed E-state index contributed by atoms with van der Waals surface area (Å²) in [6, 6.07) is 0. The molecular weight excluding hydrogens is 420 g/mol. The Morgan fingerprint density at radius 2 is 1.13 bits per heavy atom. The molecule has 0 aromatic carbocycles. The first-order chi connectivity index (χ1) is 13.6. The van der Waals surface area contributed by atoms with Gasteiger partial charge >= 0.3 is 0 Å². The van der Waals surface area contributed by atoms with Crippen molar-refractivity contribution in [1.82, 2.24) is 0 Å². The smallest absolute Gasteiger partial charge is 0.0577 e. The van der Waals surface area contributed by atoms with Crippen molar-refractivity contribution in [1.29, 1.82) is 0 Å². The number of aliphatic hydroxyl groups excluding tert-OH is 2. The Hall–Kier alpha value is 0.0138. The average Bonchev–Trinajstić information content (AvgIpc) is 2.57. The molecule has 0 bridgehead atoms. The van der Waals surface area contributed by atoms with Gasteiger partial charge in [-0.2, -0.15) is 0 Å². The van der Waals surface area contributed by atoms with Gasteiger partial charge in [-0.25, -0.2) is 0 Å². The first-order valence-electron chi connectivity index (χ1n) is 11.9. The van der Waals surface area contributed by atoms with Crippen LogP contribution in [0.25, 0.3) is 0 Å². The first kappa shape index (κ1) is 52.7. The lowest BCUT2D eigenvalue weighted by Crippen LogP contribution is -2.10. The first-order valence-corrected chi connectivity index (χ1v) is 19.4. The topological polar surface area (TPSA) is 81.2 Å². The third kappa shape index (κ3) is 367. The third-order valence-corrected chi connectivity index (χ3v) is 1.61. The maximum atomic E-state index is 8.55. The van der Waals surface area contributed by atoms with Crippen molar-refractivity contribution in [3.63, 3.8) is 0 Å². The maximum Gasteiger partial charge on any atom is 0.0577 e. The zero-order chi connectivity index (χ0) is 26.2. The van der Waals surface area contributed by atoms with Gasteiger partial charge < -0.3 is 20.4 Å². The Morgan fingerprint density at radius 1 is 0.903 bits per heavy atom. The number of hydrogen-bond acceptors (Lipinski definition) is 3. The molecular formula is C25H68O4Si2. The molecule has 2 unspecified atom stereocenters. The quantitative estimate of drug-likeness (QED) is 0.311. The minimum absolute atomic E-state index is 0. The predicted molar refractivity (Wildman–Crippen MR) is 156 cm³/mol. The molecule has 0 spiro atoms. The van der Waals surface area contributed by atoms with Gasteiger partial charge in [-0.05, 0) is 26.7 Å². The maximum absolute atomic E-state index is 8.55. The molecule has 200 valence electrons. The van der Waals surface area contributed by atoms with Crippen molar-refractivity contribution < 1.29 is 20.4 Å². The van der Waals surface area contributed by atoms with Gasteiger partial charge in [0, 0.05) is 31.1 Å². The Labute approximate surface area is 202 Å². The zero-order valence-electron chi connectivity index (χ0n) is 24.9. The highest BCUT2D eigenvalue weighted by Crippen LogP contribution is 1.94. The van der Waals surface area contributed by atoms with E-state index in [0.717, 1.165) is 26.4 Å². The highest BCUT2D eigenvalue weighted by molar-refractivity contribution is 6.74. The number of hydrogen-bond donors (Lipinski definition) is 2. The number of aliphatic hydroxyl groups is 2. The Bertz CT molecular complexity index is 221. The summed E-state index contributed by atoms with van der Waals surface area (Å²) in [5, 5.41) is 15.6. The summed E-state index contributed by atoms with van der Waals surface area (Å²) in [7, 11) is 1.95. The highest BCUT2D eigenvalue weighted by Gasteiger charge is 1.99. The molecule has 4 nitrogen and oxygen atoms in total. The van der Waals surface area contributed by atoms with Crippen molar-refractivity contribution in [3.8, 4) is 0 Å². The summed E-state index contributed by atoms with van der Waals surface area (Å²) in [5.74, 6) is 0. The van der Waals surface area contributed by atoms with Crippen LogP contribution in [0.1, 0.15) is 80.6 Å². The molecule has 4 N–H and O–H groups in total. The summed E-state index contributed by atoms with van der Waals surface area (Å²) in [4.78, 5) is 0.